The van der Waals surface area contributed by atoms with Crippen molar-refractivity contribution in [2.24, 2.45) is 5.10 Å². The Morgan fingerprint density at radius 3 is 2.41 bits per heavy atom. The molecule has 2 aromatic rings. The molecule has 142 valence electrons. The molecule has 0 atom stereocenters. The second-order valence-corrected chi connectivity index (χ2v) is 5.77. The summed E-state index contributed by atoms with van der Waals surface area (Å²) < 4.78 is 10.4. The van der Waals surface area contributed by atoms with Gasteiger partial charge < -0.3 is 14.8 Å². The number of nitrogens with one attached hydrogen (secondary N) is 2. The van der Waals surface area contributed by atoms with E-state index in [1.807, 2.05) is 31.2 Å². The van der Waals surface area contributed by atoms with Crippen LogP contribution in [0.3, 0.4) is 0 Å². The molecular formula is C20H23N3O4. The summed E-state index contributed by atoms with van der Waals surface area (Å²) in [6.45, 7) is 1.91. The van der Waals surface area contributed by atoms with Crippen LogP contribution in [0.1, 0.15) is 24.0 Å². The van der Waals surface area contributed by atoms with Gasteiger partial charge in [0.15, 0.2) is 11.5 Å². The molecule has 2 amide bonds. The highest BCUT2D eigenvalue weighted by Gasteiger charge is 2.08. The Kier molecular flexibility index (Phi) is 7.37. The Hall–Kier alpha value is -3.35. The molecule has 27 heavy (non-hydrogen) atoms. The zero-order valence-electron chi connectivity index (χ0n) is 15.6. The Labute approximate surface area is 158 Å². The average Bonchev–Trinajstić information content (AvgIpc) is 2.68. The average molecular weight is 369 g/mol. The van der Waals surface area contributed by atoms with Gasteiger partial charge in [-0.05, 0) is 42.3 Å². The van der Waals surface area contributed by atoms with Gasteiger partial charge in [-0.1, -0.05) is 18.2 Å². The van der Waals surface area contributed by atoms with Gasteiger partial charge in [0.05, 0.1) is 20.4 Å². The van der Waals surface area contributed by atoms with Crippen LogP contribution in [0.25, 0.3) is 0 Å². The summed E-state index contributed by atoms with van der Waals surface area (Å²) in [5.74, 6) is 0.619. The first kappa shape index (κ1) is 20.0. The number of hydrazone groups is 1. The predicted molar refractivity (Wildman–Crippen MR) is 104 cm³/mol. The maximum Gasteiger partial charge on any atom is 0.240 e. The lowest BCUT2D eigenvalue weighted by atomic mass is 10.2. The van der Waals surface area contributed by atoms with Gasteiger partial charge in [-0.15, -0.1) is 0 Å². The minimum absolute atomic E-state index is 0.0426. The molecule has 0 spiro atoms. The fourth-order valence-electron chi connectivity index (χ4n) is 2.32. The lowest BCUT2D eigenvalue weighted by molar-refractivity contribution is -0.124. The van der Waals surface area contributed by atoms with Gasteiger partial charge in [-0.25, -0.2) is 5.43 Å². The van der Waals surface area contributed by atoms with Gasteiger partial charge in [-0.3, -0.25) is 9.59 Å². The van der Waals surface area contributed by atoms with E-state index >= 15 is 0 Å². The number of carbonyl (C=O) groups is 2. The van der Waals surface area contributed by atoms with Crippen molar-refractivity contribution in [3.8, 4) is 11.5 Å². The molecule has 0 aliphatic heterocycles. The molecule has 0 bridgehead atoms. The third kappa shape index (κ3) is 6.14. The standard InChI is InChI=1S/C20H23N3O4/c1-14-6-4-5-7-16(14)22-19(24)10-11-20(25)23-21-13-15-8-9-17(26-2)18(12-15)27-3/h4-9,12-13H,10-11H2,1-3H3,(H,22,24)(H,23,25)/b21-13-. The highest BCUT2D eigenvalue weighted by molar-refractivity contribution is 5.94. The van der Waals surface area contributed by atoms with Crippen molar-refractivity contribution in [3.05, 3.63) is 53.6 Å². The maximum atomic E-state index is 11.9. The summed E-state index contributed by atoms with van der Waals surface area (Å²) in [6, 6.07) is 12.7. The van der Waals surface area contributed by atoms with E-state index in [0.717, 1.165) is 16.8 Å². The molecule has 0 radical (unpaired) electrons. The molecule has 2 rings (SSSR count). The first-order valence-electron chi connectivity index (χ1n) is 8.43. The van der Waals surface area contributed by atoms with Gasteiger partial charge in [-0.2, -0.15) is 5.10 Å². The molecular weight excluding hydrogens is 346 g/mol. The number of amides is 2. The van der Waals surface area contributed by atoms with Crippen LogP contribution in [0.5, 0.6) is 11.5 Å². The third-order valence-electron chi connectivity index (χ3n) is 3.81. The number of hydrogen-bond donors (Lipinski definition) is 2. The number of nitrogens with zero attached hydrogens (tertiary/aromatic N) is 1. The number of rotatable bonds is 8. The van der Waals surface area contributed by atoms with Gasteiger partial charge >= 0.3 is 0 Å². The summed E-state index contributed by atoms with van der Waals surface area (Å²) in [5, 5.41) is 6.68. The first-order valence-corrected chi connectivity index (χ1v) is 8.43. The maximum absolute atomic E-state index is 11.9. The zero-order chi connectivity index (χ0) is 19.6. The van der Waals surface area contributed by atoms with Crippen LogP contribution >= 0.6 is 0 Å². The number of benzene rings is 2. The summed E-state index contributed by atoms with van der Waals surface area (Å²) in [4.78, 5) is 23.8. The number of ether oxygens (including phenoxy) is 2. The predicted octanol–water partition coefficient (Wildman–Crippen LogP) is 2.88. The van der Waals surface area contributed by atoms with Crippen molar-refractivity contribution in [2.45, 2.75) is 19.8 Å². The third-order valence-corrected chi connectivity index (χ3v) is 3.81. The smallest absolute Gasteiger partial charge is 0.240 e. The molecule has 0 heterocycles. The monoisotopic (exact) mass is 369 g/mol. The highest BCUT2D eigenvalue weighted by atomic mass is 16.5. The van der Waals surface area contributed by atoms with Gasteiger partial charge in [0, 0.05) is 18.5 Å². The summed E-state index contributed by atoms with van der Waals surface area (Å²) in [7, 11) is 3.10. The van der Waals surface area contributed by atoms with Gasteiger partial charge in [0.2, 0.25) is 11.8 Å². The quantitative estimate of drug-likeness (QED) is 0.553. The minimum atomic E-state index is -0.341. The first-order chi connectivity index (χ1) is 13.0. The lowest BCUT2D eigenvalue weighted by Crippen LogP contribution is -2.20. The van der Waals surface area contributed by atoms with E-state index in [0.29, 0.717) is 11.5 Å². The van der Waals surface area contributed by atoms with Crippen LogP contribution < -0.4 is 20.2 Å². The van der Waals surface area contributed by atoms with Crippen molar-refractivity contribution in [1.82, 2.24) is 5.43 Å². The van der Waals surface area contributed by atoms with E-state index in [9.17, 15) is 9.59 Å². The largest absolute Gasteiger partial charge is 0.493 e. The van der Waals surface area contributed by atoms with Crippen LogP contribution in [0.2, 0.25) is 0 Å². The Morgan fingerprint density at radius 2 is 1.70 bits per heavy atom. The number of anilines is 1. The Bertz CT molecular complexity index is 834. The zero-order valence-corrected chi connectivity index (χ0v) is 15.6. The molecule has 2 aromatic carbocycles. The van der Waals surface area contributed by atoms with Crippen molar-refractivity contribution < 1.29 is 19.1 Å². The van der Waals surface area contributed by atoms with Crippen LogP contribution in [0.4, 0.5) is 5.69 Å². The van der Waals surface area contributed by atoms with E-state index in [2.05, 4.69) is 15.8 Å². The SMILES string of the molecule is COc1ccc(/C=N\NC(=O)CCC(=O)Nc2ccccc2C)cc1OC. The molecule has 0 aliphatic carbocycles. The second-order valence-electron chi connectivity index (χ2n) is 5.77. The molecule has 7 nitrogen and oxygen atoms in total. The van der Waals surface area contributed by atoms with Gasteiger partial charge in [0.1, 0.15) is 0 Å². The summed E-state index contributed by atoms with van der Waals surface area (Å²) >= 11 is 0. The molecule has 0 aliphatic rings. The fourth-order valence-corrected chi connectivity index (χ4v) is 2.32. The number of methoxy groups -OCH3 is 2. The molecule has 2 N–H and O–H groups in total. The van der Waals surface area contributed by atoms with E-state index in [-0.39, 0.29) is 24.7 Å². The van der Waals surface area contributed by atoms with Crippen LogP contribution in [0.15, 0.2) is 47.6 Å². The highest BCUT2D eigenvalue weighted by Crippen LogP contribution is 2.26. The van der Waals surface area contributed by atoms with Crippen LogP contribution in [0, 0.1) is 6.92 Å². The van der Waals surface area contributed by atoms with Crippen LogP contribution in [-0.4, -0.2) is 32.2 Å². The van der Waals surface area contributed by atoms with Crippen molar-refractivity contribution in [1.29, 1.82) is 0 Å². The van der Waals surface area contributed by atoms with E-state index in [1.54, 1.807) is 32.4 Å². The molecule has 0 fully saturated rings. The fraction of sp³-hybridized carbons (Fsp3) is 0.250. The Balaban J connectivity index is 1.79. The number of para-hydroxylation sites is 1. The number of hydrogen-bond acceptors (Lipinski definition) is 5. The Morgan fingerprint density at radius 1 is 1.00 bits per heavy atom. The summed E-state index contributed by atoms with van der Waals surface area (Å²) in [5.41, 5.74) is 4.86. The topological polar surface area (TPSA) is 89.0 Å². The molecule has 0 unspecified atom stereocenters. The second kappa shape index (κ2) is 9.96. The number of carbonyl (C=O) groups excluding carboxylic acids is 2. The van der Waals surface area contributed by atoms with Crippen molar-refractivity contribution in [3.63, 3.8) is 0 Å². The van der Waals surface area contributed by atoms with E-state index in [4.69, 9.17) is 9.47 Å². The molecule has 7 heteroatoms. The van der Waals surface area contributed by atoms with Crippen LogP contribution in [-0.2, 0) is 9.59 Å². The summed E-state index contributed by atoms with van der Waals surface area (Å²) in [6.07, 6.45) is 1.61. The van der Waals surface area contributed by atoms with Crippen molar-refractivity contribution >= 4 is 23.7 Å². The molecule has 0 saturated heterocycles. The molecule has 0 aromatic heterocycles. The normalized spacial score (nSPS) is 10.5. The van der Waals surface area contributed by atoms with Crippen molar-refractivity contribution in [2.75, 3.05) is 19.5 Å². The molecule has 0 saturated carbocycles. The van der Waals surface area contributed by atoms with Gasteiger partial charge in [0.25, 0.3) is 0 Å². The minimum Gasteiger partial charge on any atom is -0.493 e. The lowest BCUT2D eigenvalue weighted by Gasteiger charge is -2.08. The van der Waals surface area contributed by atoms with E-state index in [1.165, 1.54) is 6.21 Å². The number of aryl methyl sites for hydroxylation is 1. The van der Waals surface area contributed by atoms with E-state index < -0.39 is 0 Å².